The van der Waals surface area contributed by atoms with E-state index in [0.717, 1.165) is 11.1 Å². The summed E-state index contributed by atoms with van der Waals surface area (Å²) in [5, 5.41) is 0. The summed E-state index contributed by atoms with van der Waals surface area (Å²) in [5.41, 5.74) is 2.05. The molecule has 3 rings (SSSR count). The summed E-state index contributed by atoms with van der Waals surface area (Å²) in [6, 6.07) is 24.9. The van der Waals surface area contributed by atoms with E-state index in [2.05, 4.69) is 0 Å². The van der Waals surface area contributed by atoms with Crippen LogP contribution in [0.3, 0.4) is 0 Å². The number of ether oxygens (including phenoxy) is 1. The minimum Gasteiger partial charge on any atom is -0.379 e. The molecule has 0 amide bonds. The number of rotatable bonds is 7. The highest BCUT2D eigenvalue weighted by molar-refractivity contribution is 7.87. The summed E-state index contributed by atoms with van der Waals surface area (Å²) in [4.78, 5) is 0.128. The van der Waals surface area contributed by atoms with E-state index < -0.39 is 10.1 Å². The van der Waals surface area contributed by atoms with Crippen molar-refractivity contribution in [3.8, 4) is 5.75 Å². The minimum absolute atomic E-state index is 0.116. The van der Waals surface area contributed by atoms with Crippen LogP contribution in [0.1, 0.15) is 24.2 Å². The molecule has 0 aliphatic rings. The van der Waals surface area contributed by atoms with E-state index in [0.29, 0.717) is 6.61 Å². The third-order valence-corrected chi connectivity index (χ3v) is 5.19. The molecule has 3 aromatic rings. The van der Waals surface area contributed by atoms with Crippen LogP contribution in [0.4, 0.5) is 0 Å². The second kappa shape index (κ2) is 8.17. The number of benzene rings is 3. The molecular formula is C21H20O4S. The molecule has 0 spiro atoms. The van der Waals surface area contributed by atoms with Crippen molar-refractivity contribution in [2.24, 2.45) is 0 Å². The van der Waals surface area contributed by atoms with Crippen molar-refractivity contribution >= 4 is 10.1 Å². The molecule has 0 saturated heterocycles. The summed E-state index contributed by atoms with van der Waals surface area (Å²) in [6.45, 7) is 2.47. The highest BCUT2D eigenvalue weighted by Crippen LogP contribution is 2.23. The zero-order valence-corrected chi connectivity index (χ0v) is 15.2. The monoisotopic (exact) mass is 368 g/mol. The molecule has 5 heteroatoms. The molecule has 0 aromatic heterocycles. The van der Waals surface area contributed by atoms with Crippen LogP contribution in [-0.2, 0) is 21.5 Å². The second-order valence-electron chi connectivity index (χ2n) is 5.86. The normalized spacial score (nSPS) is 12.5. The van der Waals surface area contributed by atoms with Crippen LogP contribution in [0, 0.1) is 0 Å². The van der Waals surface area contributed by atoms with Gasteiger partial charge in [0.1, 0.15) is 10.6 Å². The maximum atomic E-state index is 12.2. The summed E-state index contributed by atoms with van der Waals surface area (Å²) in [5.74, 6) is 0.271. The molecule has 0 radical (unpaired) electrons. The molecule has 3 aromatic carbocycles. The molecule has 1 unspecified atom stereocenters. The van der Waals surface area contributed by atoms with Crippen molar-refractivity contribution in [1.29, 1.82) is 0 Å². The smallest absolute Gasteiger partial charge is 0.339 e. The predicted molar refractivity (Wildman–Crippen MR) is 100 cm³/mol. The largest absolute Gasteiger partial charge is 0.379 e. The van der Waals surface area contributed by atoms with Crippen molar-refractivity contribution < 1.29 is 17.3 Å². The molecule has 0 heterocycles. The lowest BCUT2D eigenvalue weighted by Crippen LogP contribution is -2.09. The molecule has 0 bridgehead atoms. The Kier molecular flexibility index (Phi) is 5.71. The lowest BCUT2D eigenvalue weighted by Gasteiger charge is -2.14. The van der Waals surface area contributed by atoms with Crippen LogP contribution in [0.5, 0.6) is 5.75 Å². The Hall–Kier alpha value is -2.63. The first-order valence-electron chi connectivity index (χ1n) is 8.29. The van der Waals surface area contributed by atoms with Gasteiger partial charge in [0.15, 0.2) is 0 Å². The first kappa shape index (κ1) is 18.2. The first-order valence-corrected chi connectivity index (χ1v) is 9.70. The zero-order chi connectivity index (χ0) is 18.4. The predicted octanol–water partition coefficient (Wildman–Crippen LogP) is 4.73. The van der Waals surface area contributed by atoms with E-state index >= 15 is 0 Å². The van der Waals surface area contributed by atoms with Crippen LogP contribution in [0.15, 0.2) is 89.8 Å². The standard InChI is InChI=1S/C21H20O4S/c1-17(24-16-18-8-4-2-5-9-18)19-12-14-20(15-13-19)25-26(22,23)21-10-6-3-7-11-21/h2-15,17H,16H2,1H3. The van der Waals surface area contributed by atoms with Gasteiger partial charge in [0, 0.05) is 0 Å². The topological polar surface area (TPSA) is 52.6 Å². The summed E-state index contributed by atoms with van der Waals surface area (Å²) in [6.07, 6.45) is -0.116. The molecule has 26 heavy (non-hydrogen) atoms. The van der Waals surface area contributed by atoms with Crippen molar-refractivity contribution in [3.05, 3.63) is 96.1 Å². The van der Waals surface area contributed by atoms with Gasteiger partial charge in [-0.2, -0.15) is 8.42 Å². The third kappa shape index (κ3) is 4.71. The van der Waals surface area contributed by atoms with E-state index in [1.165, 1.54) is 12.1 Å². The molecule has 1 atom stereocenters. The Morgan fingerprint density at radius 3 is 2.00 bits per heavy atom. The molecule has 0 aliphatic carbocycles. The van der Waals surface area contributed by atoms with E-state index in [1.54, 1.807) is 30.3 Å². The maximum Gasteiger partial charge on any atom is 0.339 e. The molecular weight excluding hydrogens is 348 g/mol. The number of hydrogen-bond donors (Lipinski definition) is 0. The van der Waals surface area contributed by atoms with Gasteiger partial charge in [-0.25, -0.2) is 0 Å². The van der Waals surface area contributed by atoms with Gasteiger partial charge in [0.05, 0.1) is 12.7 Å². The molecule has 134 valence electrons. The van der Waals surface area contributed by atoms with Crippen molar-refractivity contribution in [3.63, 3.8) is 0 Å². The number of hydrogen-bond acceptors (Lipinski definition) is 4. The van der Waals surface area contributed by atoms with Crippen LogP contribution >= 0.6 is 0 Å². The van der Waals surface area contributed by atoms with Crippen molar-refractivity contribution in [1.82, 2.24) is 0 Å². The highest BCUT2D eigenvalue weighted by Gasteiger charge is 2.16. The minimum atomic E-state index is -3.82. The Morgan fingerprint density at radius 1 is 0.808 bits per heavy atom. The van der Waals surface area contributed by atoms with Gasteiger partial charge in [-0.15, -0.1) is 0 Å². The summed E-state index contributed by atoms with van der Waals surface area (Å²) in [7, 11) is -3.82. The fourth-order valence-electron chi connectivity index (χ4n) is 2.45. The Balaban J connectivity index is 1.63. The first-order chi connectivity index (χ1) is 12.5. The van der Waals surface area contributed by atoms with Gasteiger partial charge >= 0.3 is 10.1 Å². The molecule has 0 fully saturated rings. The second-order valence-corrected chi connectivity index (χ2v) is 7.40. The summed E-state index contributed by atoms with van der Waals surface area (Å²) < 4.78 is 35.5. The van der Waals surface area contributed by atoms with Crippen molar-refractivity contribution in [2.75, 3.05) is 0 Å². The van der Waals surface area contributed by atoms with Gasteiger partial charge < -0.3 is 8.92 Å². The van der Waals surface area contributed by atoms with E-state index in [1.807, 2.05) is 49.4 Å². The van der Waals surface area contributed by atoms with Gasteiger partial charge in [-0.3, -0.25) is 0 Å². The maximum absolute atomic E-state index is 12.2. The summed E-state index contributed by atoms with van der Waals surface area (Å²) >= 11 is 0. The van der Waals surface area contributed by atoms with Gasteiger partial charge in [-0.1, -0.05) is 60.7 Å². The average Bonchev–Trinajstić information content (AvgIpc) is 2.68. The SMILES string of the molecule is CC(OCc1ccccc1)c1ccc(OS(=O)(=O)c2ccccc2)cc1. The van der Waals surface area contributed by atoms with Crippen LogP contribution < -0.4 is 4.18 Å². The lowest BCUT2D eigenvalue weighted by molar-refractivity contribution is 0.0525. The molecule has 4 nitrogen and oxygen atoms in total. The average molecular weight is 368 g/mol. The van der Waals surface area contributed by atoms with Gasteiger partial charge in [0.2, 0.25) is 0 Å². The zero-order valence-electron chi connectivity index (χ0n) is 14.4. The quantitative estimate of drug-likeness (QED) is 0.566. The molecule has 0 N–H and O–H groups in total. The van der Waals surface area contributed by atoms with Crippen molar-refractivity contribution in [2.45, 2.75) is 24.5 Å². The van der Waals surface area contributed by atoms with E-state index in [9.17, 15) is 8.42 Å². The fraction of sp³-hybridized carbons (Fsp3) is 0.143. The Bertz CT molecular complexity index is 921. The fourth-order valence-corrected chi connectivity index (χ4v) is 3.40. The van der Waals surface area contributed by atoms with Crippen LogP contribution in [0.2, 0.25) is 0 Å². The third-order valence-electron chi connectivity index (χ3n) is 3.93. The Labute approximate surface area is 154 Å². The molecule has 0 saturated carbocycles. The Morgan fingerprint density at radius 2 is 1.38 bits per heavy atom. The van der Waals surface area contributed by atoms with E-state index in [4.69, 9.17) is 8.92 Å². The van der Waals surface area contributed by atoms with Crippen LogP contribution in [-0.4, -0.2) is 8.42 Å². The molecule has 0 aliphatic heterocycles. The van der Waals surface area contributed by atoms with Gasteiger partial charge in [-0.05, 0) is 42.3 Å². The van der Waals surface area contributed by atoms with E-state index in [-0.39, 0.29) is 16.7 Å². The van der Waals surface area contributed by atoms with Gasteiger partial charge in [0.25, 0.3) is 0 Å². The van der Waals surface area contributed by atoms with Crippen LogP contribution in [0.25, 0.3) is 0 Å². The lowest BCUT2D eigenvalue weighted by atomic mass is 10.1. The highest BCUT2D eigenvalue weighted by atomic mass is 32.2.